The summed E-state index contributed by atoms with van der Waals surface area (Å²) in [4.78, 5) is 13.5. The average Bonchev–Trinajstić information content (AvgIpc) is 0.783. The molecule has 608 valence electrons. The van der Waals surface area contributed by atoms with E-state index in [1.807, 2.05) is 0 Å². The van der Waals surface area contributed by atoms with Crippen LogP contribution in [0.4, 0.5) is 0 Å². The van der Waals surface area contributed by atoms with Crippen LogP contribution in [0.1, 0.15) is 341 Å². The molecule has 17 unspecified atom stereocenters. The molecule has 0 radical (unpaired) electrons. The van der Waals surface area contributed by atoms with E-state index in [1.165, 1.54) is 231 Å². The molecule has 3 rings (SSSR count). The number of aliphatic hydroxyl groups is 11. The van der Waals surface area contributed by atoms with Gasteiger partial charge >= 0.3 is 0 Å². The Bertz CT molecular complexity index is 2110. The summed E-state index contributed by atoms with van der Waals surface area (Å²) in [5, 5.41) is 121. The molecule has 0 aromatic heterocycles. The second-order valence-electron chi connectivity index (χ2n) is 30.3. The van der Waals surface area contributed by atoms with Gasteiger partial charge in [0.05, 0.1) is 38.6 Å². The first-order valence-corrected chi connectivity index (χ1v) is 42.5. The predicted molar refractivity (Wildman–Crippen MR) is 415 cm³/mol. The fraction of sp³-hybridized carbons (Fsp3) is 0.871. The lowest BCUT2D eigenvalue weighted by Gasteiger charge is -2.48. The first kappa shape index (κ1) is 95.7. The highest BCUT2D eigenvalue weighted by Gasteiger charge is 2.54. The SMILES string of the molecule is CC/C=C\C/C=C\C/C=C\C/C=C\C/C=C\CCCCCCCCCCCCCCCCCCCCCCCCCC(=O)NC(COC1OC(CO)C(OC2OC(CO)C(OC3OC(CO)C(O)C(O)C3O)C(O)C2O)C(O)C1O)C(O)CCCCCCCCCCCCCCCCCCCCCC. The normalized spacial score (nSPS) is 26.2. The largest absolute Gasteiger partial charge is 0.394 e. The van der Waals surface area contributed by atoms with Crippen molar-refractivity contribution in [3.8, 4) is 0 Å². The zero-order valence-electron chi connectivity index (χ0n) is 65.3. The first-order chi connectivity index (χ1) is 50.8. The van der Waals surface area contributed by atoms with Gasteiger partial charge in [-0.1, -0.05) is 338 Å². The molecule has 19 heteroatoms. The number of aliphatic hydroxyl groups excluding tert-OH is 11. The maximum atomic E-state index is 13.5. The number of rotatable bonds is 68. The van der Waals surface area contributed by atoms with Gasteiger partial charge in [-0.2, -0.15) is 0 Å². The third kappa shape index (κ3) is 44.4. The zero-order chi connectivity index (χ0) is 75.3. The van der Waals surface area contributed by atoms with E-state index in [9.17, 15) is 61.0 Å². The van der Waals surface area contributed by atoms with Crippen LogP contribution in [0.5, 0.6) is 0 Å². The van der Waals surface area contributed by atoms with Gasteiger partial charge in [-0.3, -0.25) is 4.79 Å². The van der Waals surface area contributed by atoms with E-state index in [2.05, 4.69) is 79.9 Å². The molecule has 3 fully saturated rings. The van der Waals surface area contributed by atoms with Crippen LogP contribution in [0.2, 0.25) is 0 Å². The second kappa shape index (κ2) is 65.2. The molecule has 0 bridgehead atoms. The molecule has 3 saturated heterocycles. The lowest BCUT2D eigenvalue weighted by Crippen LogP contribution is -2.66. The lowest BCUT2D eigenvalue weighted by molar-refractivity contribution is -0.379. The molecule has 0 aromatic carbocycles. The molecule has 0 spiro atoms. The number of carbonyl (C=O) groups excluding carboxylic acids is 1. The molecule has 0 aliphatic carbocycles. The standard InChI is InChI=1S/C85H155NO18/c1-3-5-7-9-11-13-15-17-19-21-23-25-26-27-28-29-30-31-32-33-34-35-36-37-38-39-40-41-42-43-45-47-49-51-53-55-57-59-61-63-73(91)86-68(69(90)62-60-58-56-54-52-50-48-46-44-24-22-20-18-16-14-12-10-8-6-4-2)67-99-83-79(97)76(94)81(71(65-88)101-83)104-85-80(98)77(95)82(72(66-89)102-85)103-84-78(96)75(93)74(92)70(64-87)100-84/h5,7,11,13,17,19,23,25,27-28,68-72,74-85,87-90,92-98H,3-4,6,8-10,12,14-16,18,20-22,24,26,29-67H2,1-2H3,(H,86,91)/b7-5-,13-11-,19-17-,25-23-,28-27-. The van der Waals surface area contributed by atoms with Crippen LogP contribution in [-0.2, 0) is 33.2 Å². The Morgan fingerprint density at radius 2 is 0.663 bits per heavy atom. The number of unbranched alkanes of at least 4 members (excludes halogenated alkanes) is 42. The number of amides is 1. The van der Waals surface area contributed by atoms with Gasteiger partial charge in [-0.25, -0.2) is 0 Å². The van der Waals surface area contributed by atoms with Crippen LogP contribution < -0.4 is 5.32 Å². The topological polar surface area (TPSA) is 307 Å². The highest BCUT2D eigenvalue weighted by molar-refractivity contribution is 5.76. The molecular formula is C85H155NO18. The summed E-state index contributed by atoms with van der Waals surface area (Å²) in [5.41, 5.74) is 0. The van der Waals surface area contributed by atoms with Gasteiger partial charge in [0.25, 0.3) is 0 Å². The number of carbonyl (C=O) groups is 1. The minimum absolute atomic E-state index is 0.236. The van der Waals surface area contributed by atoms with Crippen molar-refractivity contribution in [2.75, 3.05) is 26.4 Å². The Labute approximate surface area is 630 Å². The number of nitrogens with one attached hydrogen (secondary N) is 1. The second-order valence-corrected chi connectivity index (χ2v) is 30.3. The number of hydrogen-bond acceptors (Lipinski definition) is 18. The summed E-state index contributed by atoms with van der Waals surface area (Å²) >= 11 is 0. The minimum atomic E-state index is -1.97. The number of ether oxygens (including phenoxy) is 6. The third-order valence-electron chi connectivity index (χ3n) is 21.1. The Kier molecular flexibility index (Phi) is 60.0. The Hall–Kier alpha value is -2.51. The van der Waals surface area contributed by atoms with Crippen molar-refractivity contribution in [2.45, 2.75) is 446 Å². The summed E-state index contributed by atoms with van der Waals surface area (Å²) in [6.45, 7) is 1.73. The third-order valence-corrected chi connectivity index (χ3v) is 21.1. The van der Waals surface area contributed by atoms with Crippen LogP contribution in [0, 0.1) is 0 Å². The van der Waals surface area contributed by atoms with Gasteiger partial charge in [-0.15, -0.1) is 0 Å². The van der Waals surface area contributed by atoms with Crippen molar-refractivity contribution in [2.24, 2.45) is 0 Å². The summed E-state index contributed by atoms with van der Waals surface area (Å²) in [5.74, 6) is -0.236. The highest BCUT2D eigenvalue weighted by Crippen LogP contribution is 2.33. The average molecular weight is 1480 g/mol. The molecule has 1 amide bonds. The fourth-order valence-electron chi connectivity index (χ4n) is 14.3. The van der Waals surface area contributed by atoms with Crippen LogP contribution in [0.15, 0.2) is 60.8 Å². The molecule has 3 aliphatic rings. The minimum Gasteiger partial charge on any atom is -0.394 e. The van der Waals surface area contributed by atoms with Gasteiger partial charge in [-0.05, 0) is 57.8 Å². The first-order valence-electron chi connectivity index (χ1n) is 42.5. The van der Waals surface area contributed by atoms with Gasteiger partial charge < -0.3 is 89.9 Å². The molecule has 12 N–H and O–H groups in total. The summed E-state index contributed by atoms with van der Waals surface area (Å²) < 4.78 is 34.5. The number of hydrogen-bond donors (Lipinski definition) is 12. The highest BCUT2D eigenvalue weighted by atomic mass is 16.8. The molecule has 104 heavy (non-hydrogen) atoms. The quantitative estimate of drug-likeness (QED) is 0.0199. The van der Waals surface area contributed by atoms with Crippen LogP contribution in [0.3, 0.4) is 0 Å². The fourth-order valence-corrected chi connectivity index (χ4v) is 14.3. The summed E-state index contributed by atoms with van der Waals surface area (Å²) in [6.07, 6.45) is 57.5. The van der Waals surface area contributed by atoms with Gasteiger partial charge in [0.1, 0.15) is 73.2 Å². The van der Waals surface area contributed by atoms with Crippen LogP contribution in [0.25, 0.3) is 0 Å². The van der Waals surface area contributed by atoms with Gasteiger partial charge in [0, 0.05) is 6.42 Å². The van der Waals surface area contributed by atoms with Crippen molar-refractivity contribution in [1.29, 1.82) is 0 Å². The molecule has 3 heterocycles. The van der Waals surface area contributed by atoms with Crippen molar-refractivity contribution in [3.05, 3.63) is 60.8 Å². The van der Waals surface area contributed by atoms with E-state index in [0.717, 1.165) is 77.0 Å². The molecule has 0 aromatic rings. The van der Waals surface area contributed by atoms with E-state index in [-0.39, 0.29) is 18.9 Å². The zero-order valence-corrected chi connectivity index (χ0v) is 65.3. The van der Waals surface area contributed by atoms with Gasteiger partial charge in [0.2, 0.25) is 5.91 Å². The Balaban J connectivity index is 1.30. The molecular weight excluding hydrogens is 1320 g/mol. The summed E-state index contributed by atoms with van der Waals surface area (Å²) in [6, 6.07) is -0.888. The van der Waals surface area contributed by atoms with E-state index in [4.69, 9.17) is 28.4 Å². The maximum Gasteiger partial charge on any atom is 0.220 e. The molecule has 17 atom stereocenters. The van der Waals surface area contributed by atoms with E-state index < -0.39 is 124 Å². The molecule has 0 saturated carbocycles. The summed E-state index contributed by atoms with van der Waals surface area (Å²) in [7, 11) is 0. The van der Waals surface area contributed by atoms with Crippen molar-refractivity contribution >= 4 is 5.91 Å². The van der Waals surface area contributed by atoms with E-state index >= 15 is 0 Å². The van der Waals surface area contributed by atoms with Crippen molar-refractivity contribution < 1.29 is 89.4 Å². The number of allylic oxidation sites excluding steroid dienone is 10. The Morgan fingerprint density at radius 1 is 0.356 bits per heavy atom. The Morgan fingerprint density at radius 3 is 1.04 bits per heavy atom. The van der Waals surface area contributed by atoms with Crippen molar-refractivity contribution in [3.63, 3.8) is 0 Å². The smallest absolute Gasteiger partial charge is 0.220 e. The van der Waals surface area contributed by atoms with Gasteiger partial charge in [0.15, 0.2) is 18.9 Å². The van der Waals surface area contributed by atoms with Crippen LogP contribution in [-0.4, -0.2) is 193 Å². The van der Waals surface area contributed by atoms with Crippen molar-refractivity contribution in [1.82, 2.24) is 5.32 Å². The lowest BCUT2D eigenvalue weighted by atomic mass is 9.96. The monoisotopic (exact) mass is 1480 g/mol. The van der Waals surface area contributed by atoms with E-state index in [1.54, 1.807) is 0 Å². The molecule has 19 nitrogen and oxygen atoms in total. The maximum absolute atomic E-state index is 13.5. The predicted octanol–water partition coefficient (Wildman–Crippen LogP) is 15.0. The van der Waals surface area contributed by atoms with E-state index in [0.29, 0.717) is 12.8 Å². The van der Waals surface area contributed by atoms with Crippen LogP contribution >= 0.6 is 0 Å². The molecule has 3 aliphatic heterocycles.